The molecule has 0 aliphatic carbocycles. The molecule has 2 rings (SSSR count). The summed E-state index contributed by atoms with van der Waals surface area (Å²) in [6.45, 7) is -0.470. The van der Waals surface area contributed by atoms with Gasteiger partial charge >= 0.3 is 5.69 Å². The fraction of sp³-hybridized carbons (Fsp3) is 0.556. The van der Waals surface area contributed by atoms with Crippen LogP contribution >= 0.6 is 0 Å². The van der Waals surface area contributed by atoms with E-state index in [-0.39, 0.29) is 5.69 Å². The number of hydrogen-bond donors (Lipinski definition) is 5. The second-order valence-electron chi connectivity index (χ2n) is 3.80. The SMILES string of the molecule is O=c1cc([C@@H]2O[C@H](CO)C(O)[C@@H]2O)[15nH]c(=O)[15nH]1. The number of rotatable bonds is 2. The minimum Gasteiger partial charge on any atom is -0.394 e. The van der Waals surface area contributed by atoms with Crippen LogP contribution in [-0.2, 0) is 4.74 Å². The van der Waals surface area contributed by atoms with Gasteiger partial charge in [-0.05, 0) is 0 Å². The Morgan fingerprint density at radius 1 is 1.24 bits per heavy atom. The second-order valence-corrected chi connectivity index (χ2v) is 3.80. The lowest BCUT2D eigenvalue weighted by Gasteiger charge is -2.13. The van der Waals surface area contributed by atoms with E-state index < -0.39 is 42.3 Å². The van der Waals surface area contributed by atoms with Gasteiger partial charge in [-0.2, -0.15) is 0 Å². The average molecular weight is 246 g/mol. The van der Waals surface area contributed by atoms with Gasteiger partial charge in [0.1, 0.15) is 24.4 Å². The highest BCUT2D eigenvalue weighted by molar-refractivity contribution is 5.09. The van der Waals surface area contributed by atoms with Crippen LogP contribution < -0.4 is 11.2 Å². The zero-order chi connectivity index (χ0) is 12.6. The summed E-state index contributed by atoms with van der Waals surface area (Å²) in [7, 11) is 0. The number of aromatic nitrogens is 2. The van der Waals surface area contributed by atoms with E-state index in [2.05, 4.69) is 4.98 Å². The maximum atomic E-state index is 11.1. The van der Waals surface area contributed by atoms with Crippen LogP contribution in [0.4, 0.5) is 0 Å². The third-order valence-corrected chi connectivity index (χ3v) is 2.63. The molecular formula is C9H12N2O6. The van der Waals surface area contributed by atoms with Gasteiger partial charge in [0.2, 0.25) is 0 Å². The summed E-state index contributed by atoms with van der Waals surface area (Å²) in [5.41, 5.74) is -1.31. The maximum Gasteiger partial charge on any atom is 0.325 e. The molecule has 2 heterocycles. The van der Waals surface area contributed by atoms with E-state index in [1.165, 1.54) is 0 Å². The lowest BCUT2D eigenvalue weighted by atomic mass is 10.1. The predicted molar refractivity (Wildman–Crippen MR) is 54.4 cm³/mol. The van der Waals surface area contributed by atoms with Crippen LogP contribution in [0, 0.1) is 0 Å². The highest BCUT2D eigenvalue weighted by Crippen LogP contribution is 2.31. The van der Waals surface area contributed by atoms with Crippen molar-refractivity contribution in [2.75, 3.05) is 6.61 Å². The van der Waals surface area contributed by atoms with Crippen LogP contribution in [0.2, 0.25) is 0 Å². The number of H-pyrrole nitrogens is 2. The molecule has 1 aromatic rings. The van der Waals surface area contributed by atoms with Crippen LogP contribution in [0.3, 0.4) is 0 Å². The first-order chi connectivity index (χ1) is 8.02. The van der Waals surface area contributed by atoms with E-state index >= 15 is 0 Å². The summed E-state index contributed by atoms with van der Waals surface area (Å²) in [5.74, 6) is 0. The van der Waals surface area contributed by atoms with Crippen LogP contribution in [0.25, 0.3) is 0 Å². The van der Waals surface area contributed by atoms with Gasteiger partial charge in [-0.3, -0.25) is 9.78 Å². The van der Waals surface area contributed by atoms with Crippen molar-refractivity contribution < 1.29 is 20.1 Å². The number of aliphatic hydroxyl groups excluding tert-OH is 3. The van der Waals surface area contributed by atoms with Crippen molar-refractivity contribution in [2.45, 2.75) is 24.4 Å². The third-order valence-electron chi connectivity index (χ3n) is 2.63. The van der Waals surface area contributed by atoms with E-state index in [9.17, 15) is 19.8 Å². The van der Waals surface area contributed by atoms with Gasteiger partial charge in [-0.1, -0.05) is 0 Å². The van der Waals surface area contributed by atoms with Gasteiger partial charge < -0.3 is 25.0 Å². The third kappa shape index (κ3) is 2.15. The molecule has 1 fully saturated rings. The monoisotopic (exact) mass is 246 g/mol. The molecule has 1 aromatic heterocycles. The molecule has 0 spiro atoms. The Kier molecular flexibility index (Phi) is 3.11. The highest BCUT2D eigenvalue weighted by atomic mass is 16.6. The van der Waals surface area contributed by atoms with E-state index in [0.717, 1.165) is 6.07 Å². The molecule has 5 N–H and O–H groups in total. The Morgan fingerprint density at radius 2 is 1.94 bits per heavy atom. The van der Waals surface area contributed by atoms with Crippen molar-refractivity contribution >= 4 is 0 Å². The summed E-state index contributed by atoms with van der Waals surface area (Å²) in [5, 5.41) is 28.1. The van der Waals surface area contributed by atoms with Crippen molar-refractivity contribution in [1.29, 1.82) is 0 Å². The highest BCUT2D eigenvalue weighted by Gasteiger charge is 2.43. The van der Waals surface area contributed by atoms with Gasteiger partial charge in [0.15, 0.2) is 0 Å². The number of hydrogen-bond acceptors (Lipinski definition) is 6. The molecule has 0 bridgehead atoms. The Hall–Kier alpha value is -1.48. The van der Waals surface area contributed by atoms with Crippen LogP contribution in [0.1, 0.15) is 11.8 Å². The summed E-state index contributed by atoms with van der Waals surface area (Å²) < 4.78 is 5.16. The van der Waals surface area contributed by atoms with Crippen molar-refractivity contribution in [3.63, 3.8) is 0 Å². The summed E-state index contributed by atoms with van der Waals surface area (Å²) in [6, 6.07) is 1.06. The molecule has 1 saturated heterocycles. The van der Waals surface area contributed by atoms with Crippen LogP contribution in [0.5, 0.6) is 0 Å². The topological polar surface area (TPSA) is 136 Å². The smallest absolute Gasteiger partial charge is 0.325 e. The lowest BCUT2D eigenvalue weighted by Crippen LogP contribution is -2.33. The molecule has 0 saturated carbocycles. The quantitative estimate of drug-likeness (QED) is 0.383. The number of nitrogens with one attached hydrogen (secondary N) is 2. The summed E-state index contributed by atoms with van der Waals surface area (Å²) in [6.07, 6.45) is -4.58. The minimum atomic E-state index is -1.32. The van der Waals surface area contributed by atoms with Crippen molar-refractivity contribution in [3.05, 3.63) is 32.6 Å². The molecule has 94 valence electrons. The second kappa shape index (κ2) is 4.41. The average Bonchev–Trinajstić information content (AvgIpc) is 2.54. The molecule has 8 heteroatoms. The zero-order valence-corrected chi connectivity index (χ0v) is 8.66. The molecule has 0 radical (unpaired) electrons. The molecule has 1 unspecified atom stereocenters. The molecule has 1 aliphatic rings. The van der Waals surface area contributed by atoms with Crippen molar-refractivity contribution in [3.8, 4) is 0 Å². The van der Waals surface area contributed by atoms with E-state index in [1.54, 1.807) is 0 Å². The van der Waals surface area contributed by atoms with Gasteiger partial charge in [-0.25, -0.2) is 4.79 Å². The molecule has 4 atom stereocenters. The van der Waals surface area contributed by atoms with E-state index in [4.69, 9.17) is 9.84 Å². The Labute approximate surface area is 94.5 Å². The molecule has 8 nitrogen and oxygen atoms in total. The first kappa shape index (κ1) is 12.0. The maximum absolute atomic E-state index is 11.1. The van der Waals surface area contributed by atoms with Gasteiger partial charge in [0.05, 0.1) is 12.3 Å². The van der Waals surface area contributed by atoms with Gasteiger partial charge in [0, 0.05) is 6.07 Å². The molecule has 17 heavy (non-hydrogen) atoms. The normalized spacial score (nSPS) is 32.9. The van der Waals surface area contributed by atoms with Crippen molar-refractivity contribution in [2.24, 2.45) is 0 Å². The first-order valence-electron chi connectivity index (χ1n) is 4.99. The zero-order valence-electron chi connectivity index (χ0n) is 8.66. The predicted octanol–water partition coefficient (Wildman–Crippen LogP) is -2.78. The van der Waals surface area contributed by atoms with Crippen LogP contribution in [0.15, 0.2) is 15.7 Å². The molecular weight excluding hydrogens is 234 g/mol. The summed E-state index contributed by atoms with van der Waals surface area (Å²) >= 11 is 0. The van der Waals surface area contributed by atoms with E-state index in [0.29, 0.717) is 0 Å². The first-order valence-corrected chi connectivity index (χ1v) is 4.99. The van der Waals surface area contributed by atoms with Crippen molar-refractivity contribution in [1.82, 2.24) is 9.97 Å². The Morgan fingerprint density at radius 3 is 2.47 bits per heavy atom. The Balaban J connectivity index is 2.35. The van der Waals surface area contributed by atoms with Crippen LogP contribution in [-0.4, -0.2) is 50.2 Å². The molecule has 1 aliphatic heterocycles. The summed E-state index contributed by atoms with van der Waals surface area (Å²) in [4.78, 5) is 26.4. The fourth-order valence-electron chi connectivity index (χ4n) is 1.80. The Bertz CT molecular complexity index is 480. The standard InChI is InChI=1S/C9H12N2O6/c12-2-4-6(14)7(15)8(17-4)3-1-5(13)11-9(16)10-3/h1,4,6-8,12,14-15H,2H2,(H2,10,11,13,16)/t4-,6?,7+,8+/m1/s1/i10+1,11+1. The van der Waals surface area contributed by atoms with Gasteiger partial charge in [0.25, 0.3) is 5.56 Å². The molecule has 0 amide bonds. The van der Waals surface area contributed by atoms with E-state index in [1.807, 2.05) is 4.98 Å². The number of aromatic amines is 2. The number of aliphatic hydroxyl groups is 3. The van der Waals surface area contributed by atoms with Gasteiger partial charge in [-0.15, -0.1) is 0 Å². The number of ether oxygens (including phenoxy) is 1. The molecule has 0 aromatic carbocycles. The minimum absolute atomic E-state index is 0.0567. The largest absolute Gasteiger partial charge is 0.394 e. The lowest BCUT2D eigenvalue weighted by molar-refractivity contribution is -0.0240. The fourth-order valence-corrected chi connectivity index (χ4v) is 1.80.